The highest BCUT2D eigenvalue weighted by Crippen LogP contribution is 2.25. The lowest BCUT2D eigenvalue weighted by Crippen LogP contribution is -2.07. The Kier molecular flexibility index (Phi) is 2.60. The molecule has 0 unspecified atom stereocenters. The first-order chi connectivity index (χ1) is 5.27. The van der Waals surface area contributed by atoms with Crippen LogP contribution in [-0.4, -0.2) is 11.9 Å². The molecule has 1 aromatic carbocycles. The van der Waals surface area contributed by atoms with E-state index in [0.717, 1.165) is 18.8 Å². The second-order valence-electron chi connectivity index (χ2n) is 3.16. The second kappa shape index (κ2) is 3.33. The van der Waals surface area contributed by atoms with Gasteiger partial charge in [0.05, 0.1) is 0 Å². The number of anilines is 1. The molecule has 1 aliphatic rings. The number of nitrogen functional groups attached to an aromatic ring is 1. The predicted molar refractivity (Wildman–Crippen MR) is 53.3 cm³/mol. The van der Waals surface area contributed by atoms with E-state index in [4.69, 9.17) is 5.73 Å². The van der Waals surface area contributed by atoms with Gasteiger partial charge in [0, 0.05) is 18.8 Å². The lowest BCUT2D eigenvalue weighted by molar-refractivity contribution is 0.353. The van der Waals surface area contributed by atoms with Gasteiger partial charge in [-0.15, -0.1) is 12.4 Å². The molecule has 0 aliphatic carbocycles. The average molecular weight is 185 g/mol. The molecule has 0 spiro atoms. The highest BCUT2D eigenvalue weighted by molar-refractivity contribution is 5.85. The molecule has 0 aromatic heterocycles. The topological polar surface area (TPSA) is 29.3 Å². The molecule has 0 fully saturated rings. The van der Waals surface area contributed by atoms with Crippen LogP contribution in [0.2, 0.25) is 0 Å². The molecule has 1 aromatic rings. The van der Waals surface area contributed by atoms with E-state index in [2.05, 4.69) is 18.0 Å². The Bertz CT molecular complexity index is 286. The smallest absolute Gasteiger partial charge is 0.0363 e. The first kappa shape index (κ1) is 9.36. The summed E-state index contributed by atoms with van der Waals surface area (Å²) >= 11 is 0. The molecule has 0 bridgehead atoms. The molecule has 2 N–H and O–H groups in total. The first-order valence-corrected chi connectivity index (χ1v) is 3.82. The summed E-state index contributed by atoms with van der Waals surface area (Å²) in [5, 5.41) is 0. The van der Waals surface area contributed by atoms with E-state index in [1.807, 2.05) is 12.1 Å². The van der Waals surface area contributed by atoms with Crippen molar-refractivity contribution in [3.05, 3.63) is 29.3 Å². The highest BCUT2D eigenvalue weighted by Gasteiger charge is 2.16. The van der Waals surface area contributed by atoms with Gasteiger partial charge >= 0.3 is 0 Å². The maximum absolute atomic E-state index is 5.81. The molecular weight excluding hydrogens is 172 g/mol. The summed E-state index contributed by atoms with van der Waals surface area (Å²) in [5.74, 6) is 0. The zero-order chi connectivity index (χ0) is 7.84. The van der Waals surface area contributed by atoms with Crippen molar-refractivity contribution in [3.63, 3.8) is 0 Å². The van der Waals surface area contributed by atoms with E-state index in [-0.39, 0.29) is 12.4 Å². The van der Waals surface area contributed by atoms with Crippen molar-refractivity contribution >= 4 is 18.1 Å². The summed E-state index contributed by atoms with van der Waals surface area (Å²) in [4.78, 5) is 2.26. The normalized spacial score (nSPS) is 15.4. The van der Waals surface area contributed by atoms with Gasteiger partial charge in [-0.25, -0.2) is 0 Å². The number of hydrogen-bond donors (Lipinski definition) is 1. The van der Waals surface area contributed by atoms with Gasteiger partial charge in [-0.1, -0.05) is 12.1 Å². The zero-order valence-electron chi connectivity index (χ0n) is 7.08. The number of nitrogens with two attached hydrogens (primary N) is 1. The summed E-state index contributed by atoms with van der Waals surface area (Å²) < 4.78 is 0. The predicted octanol–water partition coefficient (Wildman–Crippen LogP) is 1.64. The van der Waals surface area contributed by atoms with Crippen LogP contribution in [0, 0.1) is 0 Å². The summed E-state index contributed by atoms with van der Waals surface area (Å²) in [5.41, 5.74) is 9.44. The maximum Gasteiger partial charge on any atom is 0.0363 e. The van der Waals surface area contributed by atoms with Gasteiger partial charge in [0.2, 0.25) is 0 Å². The Morgan fingerprint density at radius 3 is 2.75 bits per heavy atom. The minimum absolute atomic E-state index is 0. The van der Waals surface area contributed by atoms with E-state index in [0.29, 0.717) is 0 Å². The highest BCUT2D eigenvalue weighted by atomic mass is 35.5. The van der Waals surface area contributed by atoms with Crippen LogP contribution < -0.4 is 5.73 Å². The molecule has 12 heavy (non-hydrogen) atoms. The Hall–Kier alpha value is -0.730. The van der Waals surface area contributed by atoms with Crippen LogP contribution in [0.4, 0.5) is 5.69 Å². The summed E-state index contributed by atoms with van der Waals surface area (Å²) in [7, 11) is 2.11. The number of hydrogen-bond acceptors (Lipinski definition) is 2. The van der Waals surface area contributed by atoms with Crippen molar-refractivity contribution in [3.8, 4) is 0 Å². The van der Waals surface area contributed by atoms with E-state index < -0.39 is 0 Å². The van der Waals surface area contributed by atoms with E-state index in [1.54, 1.807) is 0 Å². The lowest BCUT2D eigenvalue weighted by Gasteiger charge is -2.03. The monoisotopic (exact) mass is 184 g/mol. The fourth-order valence-electron chi connectivity index (χ4n) is 1.61. The van der Waals surface area contributed by atoms with Crippen molar-refractivity contribution in [1.82, 2.24) is 4.90 Å². The number of rotatable bonds is 0. The molecule has 0 amide bonds. The van der Waals surface area contributed by atoms with Crippen LogP contribution in [0.15, 0.2) is 18.2 Å². The van der Waals surface area contributed by atoms with Gasteiger partial charge in [0.15, 0.2) is 0 Å². The number of halogens is 1. The third kappa shape index (κ3) is 1.40. The third-order valence-corrected chi connectivity index (χ3v) is 2.18. The molecule has 0 saturated carbocycles. The van der Waals surface area contributed by atoms with Crippen LogP contribution in [-0.2, 0) is 13.1 Å². The Balaban J connectivity index is 0.000000720. The Morgan fingerprint density at radius 2 is 2.08 bits per heavy atom. The summed E-state index contributed by atoms with van der Waals surface area (Å²) in [6.45, 7) is 2.04. The molecule has 66 valence electrons. The zero-order valence-corrected chi connectivity index (χ0v) is 7.90. The molecule has 3 heteroatoms. The van der Waals surface area contributed by atoms with Crippen LogP contribution in [0.5, 0.6) is 0 Å². The van der Waals surface area contributed by atoms with Crippen molar-refractivity contribution in [2.45, 2.75) is 13.1 Å². The number of fused-ring (bicyclic) bond motifs is 1. The molecule has 2 rings (SSSR count). The second-order valence-corrected chi connectivity index (χ2v) is 3.16. The van der Waals surface area contributed by atoms with Gasteiger partial charge in [-0.2, -0.15) is 0 Å². The largest absolute Gasteiger partial charge is 0.398 e. The standard InChI is InChI=1S/C9H12N2.ClH/c1-11-5-7-3-2-4-9(10)8(7)6-11;/h2-4H,5-6,10H2,1H3;1H. The van der Waals surface area contributed by atoms with E-state index in [9.17, 15) is 0 Å². The minimum atomic E-state index is 0. The molecule has 1 heterocycles. The Labute approximate surface area is 78.8 Å². The fraction of sp³-hybridized carbons (Fsp3) is 0.333. The van der Waals surface area contributed by atoms with Crippen molar-refractivity contribution in [2.75, 3.05) is 12.8 Å². The number of benzene rings is 1. The van der Waals surface area contributed by atoms with Crippen molar-refractivity contribution < 1.29 is 0 Å². The van der Waals surface area contributed by atoms with Gasteiger partial charge in [-0.05, 0) is 24.2 Å². The molecule has 0 atom stereocenters. The SMILES string of the molecule is CN1Cc2cccc(N)c2C1.Cl. The first-order valence-electron chi connectivity index (χ1n) is 3.82. The van der Waals surface area contributed by atoms with Crippen molar-refractivity contribution in [2.24, 2.45) is 0 Å². The molecular formula is C9H13ClN2. The fourth-order valence-corrected chi connectivity index (χ4v) is 1.61. The molecule has 0 saturated heterocycles. The minimum Gasteiger partial charge on any atom is -0.398 e. The summed E-state index contributed by atoms with van der Waals surface area (Å²) in [6.07, 6.45) is 0. The molecule has 0 radical (unpaired) electrons. The molecule has 1 aliphatic heterocycles. The van der Waals surface area contributed by atoms with E-state index >= 15 is 0 Å². The van der Waals surface area contributed by atoms with Gasteiger partial charge < -0.3 is 5.73 Å². The van der Waals surface area contributed by atoms with Crippen molar-refractivity contribution in [1.29, 1.82) is 0 Å². The lowest BCUT2D eigenvalue weighted by atomic mass is 10.1. The van der Waals surface area contributed by atoms with Gasteiger partial charge in [0.1, 0.15) is 0 Å². The van der Waals surface area contributed by atoms with Gasteiger partial charge in [0.25, 0.3) is 0 Å². The van der Waals surface area contributed by atoms with E-state index in [1.165, 1.54) is 11.1 Å². The average Bonchev–Trinajstić information content (AvgIpc) is 2.31. The third-order valence-electron chi connectivity index (χ3n) is 2.18. The maximum atomic E-state index is 5.81. The Morgan fingerprint density at radius 1 is 1.33 bits per heavy atom. The quantitative estimate of drug-likeness (QED) is 0.622. The van der Waals surface area contributed by atoms with Crippen LogP contribution in [0.25, 0.3) is 0 Å². The van der Waals surface area contributed by atoms with Crippen LogP contribution >= 0.6 is 12.4 Å². The number of nitrogens with zero attached hydrogens (tertiary/aromatic N) is 1. The van der Waals surface area contributed by atoms with Gasteiger partial charge in [-0.3, -0.25) is 4.90 Å². The molecule has 2 nitrogen and oxygen atoms in total. The summed E-state index contributed by atoms with van der Waals surface area (Å²) in [6, 6.07) is 6.14. The van der Waals surface area contributed by atoms with Crippen LogP contribution in [0.3, 0.4) is 0 Å². The van der Waals surface area contributed by atoms with Crippen LogP contribution in [0.1, 0.15) is 11.1 Å².